The van der Waals surface area contributed by atoms with E-state index in [1.54, 1.807) is 0 Å². The molecule has 17 heavy (non-hydrogen) atoms. The Balaban J connectivity index is 2.73. The highest BCUT2D eigenvalue weighted by Crippen LogP contribution is 2.44. The van der Waals surface area contributed by atoms with Crippen LogP contribution in [0.2, 0.25) is 0 Å². The molecule has 0 aromatic carbocycles. The highest BCUT2D eigenvalue weighted by Gasteiger charge is 2.36. The first-order chi connectivity index (χ1) is 7.59. The average Bonchev–Trinajstić information content (AvgIpc) is 2.13. The summed E-state index contributed by atoms with van der Waals surface area (Å²) < 4.78 is 0. The topological polar surface area (TPSA) is 17.1 Å². The van der Waals surface area contributed by atoms with E-state index in [9.17, 15) is 4.79 Å². The predicted octanol–water partition coefficient (Wildman–Crippen LogP) is 4.84. The maximum atomic E-state index is 11.4. The van der Waals surface area contributed by atoms with Crippen molar-refractivity contribution < 1.29 is 4.79 Å². The van der Waals surface area contributed by atoms with Crippen LogP contribution >= 0.6 is 0 Å². The quantitative estimate of drug-likeness (QED) is 0.672. The van der Waals surface area contributed by atoms with Gasteiger partial charge in [-0.15, -0.1) is 0 Å². The van der Waals surface area contributed by atoms with Gasteiger partial charge in [0.15, 0.2) is 0 Å². The number of Topliss-reactive ketones (excluding diaryl/α,β-unsaturated/α-hetero) is 1. The molecule has 1 heteroatoms. The minimum atomic E-state index is 0.359. The fraction of sp³-hybridized carbons (Fsp3) is 0.938. The smallest absolute Gasteiger partial charge is 0.132 e. The third-order valence-corrected chi connectivity index (χ3v) is 4.10. The van der Waals surface area contributed by atoms with Gasteiger partial charge in [-0.05, 0) is 41.9 Å². The lowest BCUT2D eigenvalue weighted by Gasteiger charge is -2.42. The Bertz CT molecular complexity index is 254. The van der Waals surface area contributed by atoms with Gasteiger partial charge in [-0.1, -0.05) is 41.5 Å². The SMILES string of the molecule is CC(C)(C)CC(C1CCC(=O)CC1)C(C)(C)C. The van der Waals surface area contributed by atoms with Crippen LogP contribution < -0.4 is 0 Å². The third-order valence-electron chi connectivity index (χ3n) is 4.10. The summed E-state index contributed by atoms with van der Waals surface area (Å²) in [6.45, 7) is 14.1. The van der Waals surface area contributed by atoms with Gasteiger partial charge in [0.25, 0.3) is 0 Å². The summed E-state index contributed by atoms with van der Waals surface area (Å²) in [5, 5.41) is 0. The van der Waals surface area contributed by atoms with Crippen LogP contribution in [0.4, 0.5) is 0 Å². The average molecular weight is 238 g/mol. The minimum Gasteiger partial charge on any atom is -0.300 e. The maximum absolute atomic E-state index is 11.4. The Labute approximate surface area is 107 Å². The van der Waals surface area contributed by atoms with Gasteiger partial charge < -0.3 is 0 Å². The van der Waals surface area contributed by atoms with Gasteiger partial charge in [-0.3, -0.25) is 4.79 Å². The molecule has 0 aromatic rings. The molecule has 0 heterocycles. The Morgan fingerprint density at radius 2 is 1.53 bits per heavy atom. The lowest BCUT2D eigenvalue weighted by atomic mass is 9.63. The molecular weight excluding hydrogens is 208 g/mol. The highest BCUT2D eigenvalue weighted by atomic mass is 16.1. The van der Waals surface area contributed by atoms with Crippen LogP contribution in [0.3, 0.4) is 0 Å². The van der Waals surface area contributed by atoms with E-state index in [0.717, 1.165) is 37.5 Å². The normalized spacial score (nSPS) is 21.6. The van der Waals surface area contributed by atoms with E-state index in [2.05, 4.69) is 41.5 Å². The van der Waals surface area contributed by atoms with Gasteiger partial charge in [-0.2, -0.15) is 0 Å². The molecule has 1 aliphatic carbocycles. The monoisotopic (exact) mass is 238 g/mol. The van der Waals surface area contributed by atoms with Crippen molar-refractivity contribution in [3.8, 4) is 0 Å². The van der Waals surface area contributed by atoms with Gasteiger partial charge in [0.2, 0.25) is 0 Å². The van der Waals surface area contributed by atoms with Crippen LogP contribution in [0.1, 0.15) is 73.6 Å². The third kappa shape index (κ3) is 4.81. The Hall–Kier alpha value is -0.330. The van der Waals surface area contributed by atoms with Crippen LogP contribution in [0.25, 0.3) is 0 Å². The molecule has 0 saturated heterocycles. The van der Waals surface area contributed by atoms with Gasteiger partial charge in [0, 0.05) is 12.8 Å². The van der Waals surface area contributed by atoms with Crippen molar-refractivity contribution in [2.45, 2.75) is 73.6 Å². The van der Waals surface area contributed by atoms with Crippen molar-refractivity contribution in [3.05, 3.63) is 0 Å². The van der Waals surface area contributed by atoms with Crippen LogP contribution in [-0.4, -0.2) is 5.78 Å². The molecule has 1 saturated carbocycles. The van der Waals surface area contributed by atoms with Crippen molar-refractivity contribution in [1.29, 1.82) is 0 Å². The van der Waals surface area contributed by atoms with Crippen molar-refractivity contribution in [2.75, 3.05) is 0 Å². The fourth-order valence-electron chi connectivity index (χ4n) is 3.20. The Morgan fingerprint density at radius 3 is 1.88 bits per heavy atom. The summed E-state index contributed by atoms with van der Waals surface area (Å²) in [6, 6.07) is 0. The first-order valence-corrected chi connectivity index (χ1v) is 7.11. The molecule has 1 nitrogen and oxygen atoms in total. The number of carbonyl (C=O) groups excluding carboxylic acids is 1. The van der Waals surface area contributed by atoms with Gasteiger partial charge in [-0.25, -0.2) is 0 Å². The molecule has 100 valence electrons. The van der Waals surface area contributed by atoms with E-state index in [1.165, 1.54) is 6.42 Å². The molecule has 0 aromatic heterocycles. The largest absolute Gasteiger partial charge is 0.300 e. The first kappa shape index (κ1) is 14.7. The standard InChI is InChI=1S/C16H30O/c1-15(2,3)11-14(16(4,5)6)12-7-9-13(17)10-8-12/h12,14H,7-11H2,1-6H3. The molecule has 1 fully saturated rings. The lowest BCUT2D eigenvalue weighted by molar-refractivity contribution is -0.121. The Kier molecular flexibility index (Phi) is 4.43. The van der Waals surface area contributed by atoms with E-state index >= 15 is 0 Å². The van der Waals surface area contributed by atoms with Crippen molar-refractivity contribution in [3.63, 3.8) is 0 Å². The van der Waals surface area contributed by atoms with Crippen LogP contribution in [0.5, 0.6) is 0 Å². The molecular formula is C16H30O. The second kappa shape index (κ2) is 5.12. The molecule has 0 N–H and O–H groups in total. The number of hydrogen-bond acceptors (Lipinski definition) is 1. The fourth-order valence-corrected chi connectivity index (χ4v) is 3.20. The summed E-state index contributed by atoms with van der Waals surface area (Å²) in [7, 11) is 0. The van der Waals surface area contributed by atoms with Crippen LogP contribution in [0, 0.1) is 22.7 Å². The number of hydrogen-bond donors (Lipinski definition) is 0. The Morgan fingerprint density at radius 1 is 1.06 bits per heavy atom. The van der Waals surface area contributed by atoms with Crippen molar-refractivity contribution in [2.24, 2.45) is 22.7 Å². The van der Waals surface area contributed by atoms with Crippen LogP contribution in [0.15, 0.2) is 0 Å². The van der Waals surface area contributed by atoms with Gasteiger partial charge in [0.1, 0.15) is 5.78 Å². The number of ketones is 1. The predicted molar refractivity (Wildman–Crippen MR) is 74.0 cm³/mol. The molecule has 0 spiro atoms. The molecule has 1 atom stereocenters. The second-order valence-corrected chi connectivity index (χ2v) is 8.11. The van der Waals surface area contributed by atoms with E-state index in [4.69, 9.17) is 0 Å². The molecule has 0 radical (unpaired) electrons. The van der Waals surface area contributed by atoms with E-state index in [1.807, 2.05) is 0 Å². The molecule has 0 bridgehead atoms. The number of carbonyl (C=O) groups is 1. The zero-order chi connectivity index (χ0) is 13.3. The zero-order valence-electron chi connectivity index (χ0n) is 12.6. The summed E-state index contributed by atoms with van der Waals surface area (Å²) in [5.41, 5.74) is 0.748. The molecule has 0 aliphatic heterocycles. The van der Waals surface area contributed by atoms with Crippen LogP contribution in [-0.2, 0) is 4.79 Å². The molecule has 0 amide bonds. The summed E-state index contributed by atoms with van der Waals surface area (Å²) in [6.07, 6.45) is 5.16. The van der Waals surface area contributed by atoms with E-state index in [0.29, 0.717) is 16.6 Å². The van der Waals surface area contributed by atoms with E-state index < -0.39 is 0 Å². The zero-order valence-corrected chi connectivity index (χ0v) is 12.6. The van der Waals surface area contributed by atoms with Crippen molar-refractivity contribution >= 4 is 5.78 Å². The minimum absolute atomic E-state index is 0.359. The summed E-state index contributed by atoms with van der Waals surface area (Å²) in [5.74, 6) is 1.98. The molecule has 1 aliphatic rings. The highest BCUT2D eigenvalue weighted by molar-refractivity contribution is 5.79. The number of rotatable bonds is 2. The molecule has 1 unspecified atom stereocenters. The van der Waals surface area contributed by atoms with E-state index in [-0.39, 0.29) is 0 Å². The molecule has 1 rings (SSSR count). The second-order valence-electron chi connectivity index (χ2n) is 8.11. The lowest BCUT2D eigenvalue weighted by Crippen LogP contribution is -2.34. The van der Waals surface area contributed by atoms with Gasteiger partial charge >= 0.3 is 0 Å². The van der Waals surface area contributed by atoms with Crippen molar-refractivity contribution in [1.82, 2.24) is 0 Å². The summed E-state index contributed by atoms with van der Waals surface area (Å²) in [4.78, 5) is 11.4. The summed E-state index contributed by atoms with van der Waals surface area (Å²) >= 11 is 0. The first-order valence-electron chi connectivity index (χ1n) is 7.11. The maximum Gasteiger partial charge on any atom is 0.132 e. The van der Waals surface area contributed by atoms with Gasteiger partial charge in [0.05, 0.1) is 0 Å².